The van der Waals surface area contributed by atoms with E-state index in [-0.39, 0.29) is 12.5 Å². The summed E-state index contributed by atoms with van der Waals surface area (Å²) in [5.41, 5.74) is 0. The molecule has 0 saturated heterocycles. The Kier molecular flexibility index (Phi) is 8.00. The number of nitrogens with zero attached hydrogens (tertiary/aromatic N) is 2. The van der Waals surface area contributed by atoms with E-state index in [9.17, 15) is 4.79 Å². The van der Waals surface area contributed by atoms with Gasteiger partial charge in [-0.15, -0.1) is 0 Å². The molecule has 1 aliphatic rings. The second-order valence-electron chi connectivity index (χ2n) is 4.39. The standard InChI is InChI=1S/C13H24N2O4/c1-3-6-17-7-8-18-9-10-19-13(16)11-15-5-4-14(2)12-15/h4-5H,3,6-12H2,1-2H3. The summed E-state index contributed by atoms with van der Waals surface area (Å²) in [4.78, 5) is 15.4. The fraction of sp³-hybridized carbons (Fsp3) is 0.769. The molecule has 0 aromatic carbocycles. The third-order valence-electron chi connectivity index (χ3n) is 2.48. The number of hydrogen-bond acceptors (Lipinski definition) is 6. The zero-order valence-electron chi connectivity index (χ0n) is 11.8. The number of ether oxygens (including phenoxy) is 3. The molecule has 0 atom stereocenters. The minimum absolute atomic E-state index is 0.231. The Bertz CT molecular complexity index is 284. The molecule has 0 unspecified atom stereocenters. The van der Waals surface area contributed by atoms with E-state index < -0.39 is 0 Å². The quantitative estimate of drug-likeness (QED) is 0.430. The van der Waals surface area contributed by atoms with Crippen LogP contribution >= 0.6 is 0 Å². The summed E-state index contributed by atoms with van der Waals surface area (Å²) in [6.07, 6.45) is 4.81. The van der Waals surface area contributed by atoms with Crippen LogP contribution in [0.5, 0.6) is 0 Å². The lowest BCUT2D eigenvalue weighted by atomic mass is 10.5. The van der Waals surface area contributed by atoms with E-state index in [1.807, 2.05) is 29.2 Å². The van der Waals surface area contributed by atoms with Gasteiger partial charge < -0.3 is 24.0 Å². The SMILES string of the molecule is CCCOCCOCCOC(=O)CN1C=CN(C)C1. The molecule has 19 heavy (non-hydrogen) atoms. The van der Waals surface area contributed by atoms with Gasteiger partial charge in [0.25, 0.3) is 0 Å². The summed E-state index contributed by atoms with van der Waals surface area (Å²) < 4.78 is 15.6. The van der Waals surface area contributed by atoms with Crippen LogP contribution in [0, 0.1) is 0 Å². The lowest BCUT2D eigenvalue weighted by Crippen LogP contribution is -2.29. The van der Waals surface area contributed by atoms with Crippen LogP contribution in [0.4, 0.5) is 0 Å². The number of rotatable bonds is 10. The van der Waals surface area contributed by atoms with Gasteiger partial charge in [0.2, 0.25) is 0 Å². The Morgan fingerprint density at radius 2 is 1.79 bits per heavy atom. The molecule has 0 spiro atoms. The molecule has 0 aromatic rings. The van der Waals surface area contributed by atoms with Crippen molar-refractivity contribution in [3.8, 4) is 0 Å². The molecule has 110 valence electrons. The van der Waals surface area contributed by atoms with Crippen molar-refractivity contribution in [2.24, 2.45) is 0 Å². The Hall–Kier alpha value is -1.27. The molecular formula is C13H24N2O4. The summed E-state index contributed by atoms with van der Waals surface area (Å²) in [5.74, 6) is -0.231. The Balaban J connectivity index is 1.89. The average Bonchev–Trinajstić information content (AvgIpc) is 2.78. The van der Waals surface area contributed by atoms with Crippen LogP contribution in [0.2, 0.25) is 0 Å². The van der Waals surface area contributed by atoms with Crippen molar-refractivity contribution in [1.29, 1.82) is 0 Å². The third-order valence-corrected chi connectivity index (χ3v) is 2.48. The van der Waals surface area contributed by atoms with Crippen molar-refractivity contribution in [2.75, 3.05) is 53.3 Å². The molecule has 0 bridgehead atoms. The lowest BCUT2D eigenvalue weighted by molar-refractivity contribution is -0.146. The summed E-state index contributed by atoms with van der Waals surface area (Å²) in [7, 11) is 1.95. The van der Waals surface area contributed by atoms with Crippen LogP contribution < -0.4 is 0 Å². The van der Waals surface area contributed by atoms with E-state index in [0.29, 0.717) is 26.4 Å². The molecule has 6 heteroatoms. The van der Waals surface area contributed by atoms with E-state index in [1.54, 1.807) is 0 Å². The van der Waals surface area contributed by atoms with Crippen molar-refractivity contribution in [3.63, 3.8) is 0 Å². The van der Waals surface area contributed by atoms with Crippen LogP contribution in [0.25, 0.3) is 0 Å². The van der Waals surface area contributed by atoms with Crippen molar-refractivity contribution in [3.05, 3.63) is 12.4 Å². The number of carbonyl (C=O) groups excluding carboxylic acids is 1. The summed E-state index contributed by atoms with van der Waals surface area (Å²) in [6.45, 7) is 5.66. The van der Waals surface area contributed by atoms with Gasteiger partial charge in [0.15, 0.2) is 0 Å². The molecule has 6 nitrogen and oxygen atoms in total. The second kappa shape index (κ2) is 9.63. The first kappa shape index (κ1) is 15.8. The molecule has 0 amide bonds. The zero-order valence-corrected chi connectivity index (χ0v) is 11.8. The maximum Gasteiger partial charge on any atom is 0.325 e. The first-order chi connectivity index (χ1) is 9.22. The van der Waals surface area contributed by atoms with Crippen LogP contribution in [0.15, 0.2) is 12.4 Å². The number of carbonyl (C=O) groups is 1. The number of hydrogen-bond donors (Lipinski definition) is 0. The molecule has 0 radical (unpaired) electrons. The molecule has 0 N–H and O–H groups in total. The van der Waals surface area contributed by atoms with E-state index >= 15 is 0 Å². The van der Waals surface area contributed by atoms with Crippen molar-refractivity contribution in [1.82, 2.24) is 9.80 Å². The smallest absolute Gasteiger partial charge is 0.325 e. The normalized spacial score (nSPS) is 14.2. The molecule has 1 heterocycles. The maximum atomic E-state index is 11.5. The highest BCUT2D eigenvalue weighted by atomic mass is 16.6. The van der Waals surface area contributed by atoms with Gasteiger partial charge in [-0.05, 0) is 6.42 Å². The first-order valence-corrected chi connectivity index (χ1v) is 6.66. The highest BCUT2D eigenvalue weighted by Gasteiger charge is 2.13. The minimum Gasteiger partial charge on any atom is -0.462 e. The van der Waals surface area contributed by atoms with Crippen LogP contribution in [0.1, 0.15) is 13.3 Å². The lowest BCUT2D eigenvalue weighted by Gasteiger charge is -2.16. The van der Waals surface area contributed by atoms with Gasteiger partial charge in [-0.2, -0.15) is 0 Å². The van der Waals surface area contributed by atoms with Crippen molar-refractivity contribution in [2.45, 2.75) is 13.3 Å². The summed E-state index contributed by atoms with van der Waals surface area (Å²) in [5, 5.41) is 0. The third kappa shape index (κ3) is 7.69. The Morgan fingerprint density at radius 3 is 2.42 bits per heavy atom. The summed E-state index contributed by atoms with van der Waals surface area (Å²) in [6, 6.07) is 0. The zero-order chi connectivity index (χ0) is 13.9. The highest BCUT2D eigenvalue weighted by molar-refractivity contribution is 5.71. The fourth-order valence-electron chi connectivity index (χ4n) is 1.58. The molecule has 0 aliphatic carbocycles. The number of esters is 1. The predicted octanol–water partition coefficient (Wildman–Crippen LogP) is 0.649. The van der Waals surface area contributed by atoms with Gasteiger partial charge in [-0.1, -0.05) is 6.92 Å². The molecule has 1 aliphatic heterocycles. The van der Waals surface area contributed by atoms with Crippen molar-refractivity contribution >= 4 is 5.97 Å². The largest absolute Gasteiger partial charge is 0.462 e. The predicted molar refractivity (Wildman–Crippen MR) is 71.4 cm³/mol. The van der Waals surface area contributed by atoms with E-state index in [1.165, 1.54) is 0 Å². The molecular weight excluding hydrogens is 248 g/mol. The topological polar surface area (TPSA) is 51.2 Å². The van der Waals surface area contributed by atoms with Gasteiger partial charge in [-0.3, -0.25) is 4.79 Å². The Morgan fingerprint density at radius 1 is 1.11 bits per heavy atom. The van der Waals surface area contributed by atoms with Gasteiger partial charge in [0, 0.05) is 26.1 Å². The highest BCUT2D eigenvalue weighted by Crippen LogP contribution is 2.02. The Labute approximate surface area is 114 Å². The van der Waals surface area contributed by atoms with Gasteiger partial charge in [-0.25, -0.2) is 0 Å². The second-order valence-corrected chi connectivity index (χ2v) is 4.39. The summed E-state index contributed by atoms with van der Waals surface area (Å²) >= 11 is 0. The maximum absolute atomic E-state index is 11.5. The molecule has 0 aromatic heterocycles. The van der Waals surface area contributed by atoms with E-state index in [0.717, 1.165) is 19.7 Å². The van der Waals surface area contributed by atoms with Crippen LogP contribution in [0.3, 0.4) is 0 Å². The molecule has 0 saturated carbocycles. The van der Waals surface area contributed by atoms with Gasteiger partial charge >= 0.3 is 5.97 Å². The van der Waals surface area contributed by atoms with E-state index in [4.69, 9.17) is 14.2 Å². The van der Waals surface area contributed by atoms with Gasteiger partial charge in [0.05, 0.1) is 26.5 Å². The molecule has 0 fully saturated rings. The minimum atomic E-state index is -0.231. The van der Waals surface area contributed by atoms with Gasteiger partial charge in [0.1, 0.15) is 13.2 Å². The van der Waals surface area contributed by atoms with E-state index in [2.05, 4.69) is 6.92 Å². The average molecular weight is 272 g/mol. The van der Waals surface area contributed by atoms with Crippen LogP contribution in [-0.2, 0) is 19.0 Å². The fourth-order valence-corrected chi connectivity index (χ4v) is 1.58. The molecule has 1 rings (SSSR count). The monoisotopic (exact) mass is 272 g/mol. The first-order valence-electron chi connectivity index (χ1n) is 6.66. The van der Waals surface area contributed by atoms with Crippen molar-refractivity contribution < 1.29 is 19.0 Å². The van der Waals surface area contributed by atoms with Crippen LogP contribution in [-0.4, -0.2) is 69.1 Å².